The summed E-state index contributed by atoms with van der Waals surface area (Å²) in [4.78, 5) is 38.7. The lowest BCUT2D eigenvalue weighted by Crippen LogP contribution is -2.34. The summed E-state index contributed by atoms with van der Waals surface area (Å²) in [6.07, 6.45) is 0. The molecule has 30 heavy (non-hydrogen) atoms. The summed E-state index contributed by atoms with van der Waals surface area (Å²) in [5.74, 6) is -0.826. The number of nitrogens with one attached hydrogen (secondary N) is 2. The number of hydrogen-bond acceptors (Lipinski definition) is 7. The Bertz CT molecular complexity index is 1090. The fourth-order valence-electron chi connectivity index (χ4n) is 2.67. The zero-order valence-corrected chi connectivity index (χ0v) is 16.3. The highest BCUT2D eigenvalue weighted by molar-refractivity contribution is 5.94. The molecule has 2 amide bonds. The highest BCUT2D eigenvalue weighted by Gasteiger charge is 2.16. The first-order valence-electron chi connectivity index (χ1n) is 9.07. The van der Waals surface area contributed by atoms with Gasteiger partial charge in [-0.05, 0) is 26.0 Å². The third-order valence-electron chi connectivity index (χ3n) is 4.28. The van der Waals surface area contributed by atoms with Gasteiger partial charge in [-0.2, -0.15) is 4.98 Å². The van der Waals surface area contributed by atoms with Crippen molar-refractivity contribution >= 4 is 17.5 Å². The topological polar surface area (TPSA) is 140 Å². The SMILES string of the molecule is Cc1ccc(-c2noc(C(=O)NCCNC(=O)c3ccc([N+](=O)[O-])c(C)c3)n2)cc1. The number of amides is 2. The van der Waals surface area contributed by atoms with Gasteiger partial charge < -0.3 is 15.2 Å². The smallest absolute Gasteiger partial charge is 0.316 e. The Kier molecular flexibility index (Phi) is 6.16. The first-order chi connectivity index (χ1) is 14.3. The number of carbonyl (C=O) groups excluding carboxylic acids is 2. The van der Waals surface area contributed by atoms with Gasteiger partial charge in [0.15, 0.2) is 0 Å². The van der Waals surface area contributed by atoms with Gasteiger partial charge in [-0.1, -0.05) is 35.0 Å². The first kappa shape index (κ1) is 20.6. The second kappa shape index (κ2) is 8.95. The fraction of sp³-hybridized carbons (Fsp3) is 0.200. The van der Waals surface area contributed by atoms with Crippen molar-refractivity contribution < 1.29 is 19.0 Å². The molecular weight excluding hydrogens is 390 g/mol. The van der Waals surface area contributed by atoms with Crippen LogP contribution in [0.1, 0.15) is 32.2 Å². The Morgan fingerprint density at radius 3 is 2.33 bits per heavy atom. The molecule has 0 radical (unpaired) electrons. The maximum atomic E-state index is 12.1. The fourth-order valence-corrected chi connectivity index (χ4v) is 2.67. The summed E-state index contributed by atoms with van der Waals surface area (Å²) in [5.41, 5.74) is 2.45. The summed E-state index contributed by atoms with van der Waals surface area (Å²) in [5, 5.41) is 19.8. The summed E-state index contributed by atoms with van der Waals surface area (Å²) >= 11 is 0. The van der Waals surface area contributed by atoms with Crippen LogP contribution in [0.2, 0.25) is 0 Å². The van der Waals surface area contributed by atoms with E-state index in [0.717, 1.165) is 11.1 Å². The maximum Gasteiger partial charge on any atom is 0.316 e. The van der Waals surface area contributed by atoms with E-state index in [1.54, 1.807) is 6.92 Å². The number of hydrogen-bond donors (Lipinski definition) is 2. The van der Waals surface area contributed by atoms with Crippen LogP contribution in [0.15, 0.2) is 47.0 Å². The van der Waals surface area contributed by atoms with Crippen molar-refractivity contribution in [3.63, 3.8) is 0 Å². The number of carbonyl (C=O) groups is 2. The summed E-state index contributed by atoms with van der Waals surface area (Å²) in [7, 11) is 0. The van der Waals surface area contributed by atoms with Crippen LogP contribution in [-0.2, 0) is 0 Å². The van der Waals surface area contributed by atoms with E-state index in [4.69, 9.17) is 4.52 Å². The minimum atomic E-state index is -0.554. The van der Waals surface area contributed by atoms with Crippen LogP contribution in [0.5, 0.6) is 0 Å². The molecule has 1 heterocycles. The van der Waals surface area contributed by atoms with Crippen molar-refractivity contribution in [1.29, 1.82) is 0 Å². The van der Waals surface area contributed by atoms with Gasteiger partial charge >= 0.3 is 11.8 Å². The second-order valence-electron chi connectivity index (χ2n) is 6.56. The summed E-state index contributed by atoms with van der Waals surface area (Å²) in [6, 6.07) is 11.6. The molecule has 0 aliphatic rings. The molecule has 0 spiro atoms. The average molecular weight is 409 g/mol. The Hall–Kier alpha value is -4.08. The normalized spacial score (nSPS) is 10.5. The molecule has 2 N–H and O–H groups in total. The summed E-state index contributed by atoms with van der Waals surface area (Å²) < 4.78 is 4.99. The first-order valence-corrected chi connectivity index (χ1v) is 9.07. The molecular formula is C20H19N5O5. The lowest BCUT2D eigenvalue weighted by Gasteiger charge is -2.06. The highest BCUT2D eigenvalue weighted by Crippen LogP contribution is 2.19. The quantitative estimate of drug-likeness (QED) is 0.347. The highest BCUT2D eigenvalue weighted by atomic mass is 16.6. The Balaban J connectivity index is 1.49. The zero-order chi connectivity index (χ0) is 21.7. The second-order valence-corrected chi connectivity index (χ2v) is 6.56. The predicted octanol–water partition coefficient (Wildman–Crippen LogP) is 2.42. The molecule has 0 saturated carbocycles. The van der Waals surface area contributed by atoms with Gasteiger partial charge in [-0.15, -0.1) is 0 Å². The zero-order valence-electron chi connectivity index (χ0n) is 16.3. The van der Waals surface area contributed by atoms with E-state index in [0.29, 0.717) is 17.0 Å². The van der Waals surface area contributed by atoms with Crippen LogP contribution in [0, 0.1) is 24.0 Å². The molecule has 0 fully saturated rings. The molecule has 3 aromatic rings. The average Bonchev–Trinajstić information content (AvgIpc) is 3.21. The largest absolute Gasteiger partial charge is 0.350 e. The van der Waals surface area contributed by atoms with Gasteiger partial charge in [0.25, 0.3) is 11.6 Å². The lowest BCUT2D eigenvalue weighted by molar-refractivity contribution is -0.385. The van der Waals surface area contributed by atoms with Gasteiger partial charge in [0.05, 0.1) is 4.92 Å². The molecule has 0 saturated heterocycles. The van der Waals surface area contributed by atoms with Crippen molar-refractivity contribution in [3.8, 4) is 11.4 Å². The van der Waals surface area contributed by atoms with E-state index >= 15 is 0 Å². The van der Waals surface area contributed by atoms with Gasteiger partial charge in [0.2, 0.25) is 5.82 Å². The van der Waals surface area contributed by atoms with E-state index in [2.05, 4.69) is 20.8 Å². The molecule has 3 rings (SSSR count). The van der Waals surface area contributed by atoms with E-state index < -0.39 is 16.7 Å². The number of nitro groups is 1. The van der Waals surface area contributed by atoms with Crippen LogP contribution in [0.4, 0.5) is 5.69 Å². The molecule has 0 bridgehead atoms. The van der Waals surface area contributed by atoms with Crippen LogP contribution in [0.3, 0.4) is 0 Å². The number of aromatic nitrogens is 2. The number of nitro benzene ring substituents is 1. The molecule has 10 heteroatoms. The molecule has 2 aromatic carbocycles. The molecule has 0 atom stereocenters. The minimum Gasteiger partial charge on any atom is -0.350 e. The number of rotatable bonds is 7. The van der Waals surface area contributed by atoms with E-state index in [1.807, 2.05) is 31.2 Å². The Morgan fingerprint density at radius 1 is 1.03 bits per heavy atom. The third kappa shape index (κ3) is 4.85. The van der Waals surface area contributed by atoms with Gasteiger partial charge in [-0.3, -0.25) is 19.7 Å². The Labute approximate surface area is 171 Å². The monoisotopic (exact) mass is 409 g/mol. The number of benzene rings is 2. The maximum absolute atomic E-state index is 12.1. The van der Waals surface area contributed by atoms with Crippen LogP contribution < -0.4 is 10.6 Å². The van der Waals surface area contributed by atoms with Crippen molar-refractivity contribution in [2.45, 2.75) is 13.8 Å². The van der Waals surface area contributed by atoms with Gasteiger partial charge in [0, 0.05) is 35.8 Å². The van der Waals surface area contributed by atoms with Gasteiger partial charge in [0.1, 0.15) is 0 Å². The van der Waals surface area contributed by atoms with E-state index in [1.165, 1.54) is 18.2 Å². The third-order valence-corrected chi connectivity index (χ3v) is 4.28. The predicted molar refractivity (Wildman–Crippen MR) is 107 cm³/mol. The number of aryl methyl sites for hydroxylation is 2. The molecule has 0 aliphatic carbocycles. The molecule has 1 aromatic heterocycles. The number of nitrogens with zero attached hydrogens (tertiary/aromatic N) is 3. The van der Waals surface area contributed by atoms with Crippen LogP contribution in [0.25, 0.3) is 11.4 Å². The van der Waals surface area contributed by atoms with Crippen molar-refractivity contribution in [3.05, 3.63) is 75.2 Å². The van der Waals surface area contributed by atoms with Crippen molar-refractivity contribution in [2.75, 3.05) is 13.1 Å². The van der Waals surface area contributed by atoms with E-state index in [-0.39, 0.29) is 24.7 Å². The molecule has 0 aliphatic heterocycles. The van der Waals surface area contributed by atoms with E-state index in [9.17, 15) is 19.7 Å². The van der Waals surface area contributed by atoms with Gasteiger partial charge in [-0.25, -0.2) is 0 Å². The Morgan fingerprint density at radius 2 is 1.70 bits per heavy atom. The lowest BCUT2D eigenvalue weighted by atomic mass is 10.1. The van der Waals surface area contributed by atoms with Crippen LogP contribution >= 0.6 is 0 Å². The standard InChI is InChI=1S/C20H19N5O5/c1-12-3-5-14(6-4-12)17-23-20(30-24-17)19(27)22-10-9-21-18(26)15-7-8-16(25(28)29)13(2)11-15/h3-8,11H,9-10H2,1-2H3,(H,21,26)(H,22,27). The molecule has 10 nitrogen and oxygen atoms in total. The summed E-state index contributed by atoms with van der Waals surface area (Å²) in [6.45, 7) is 3.81. The molecule has 154 valence electrons. The minimum absolute atomic E-state index is 0.0524. The van der Waals surface area contributed by atoms with Crippen molar-refractivity contribution in [1.82, 2.24) is 20.8 Å². The van der Waals surface area contributed by atoms with Crippen molar-refractivity contribution in [2.24, 2.45) is 0 Å². The van der Waals surface area contributed by atoms with Crippen LogP contribution in [-0.4, -0.2) is 40.0 Å². The molecule has 0 unspecified atom stereocenters.